The molecule has 3 fully saturated rings. The maximum absolute atomic E-state index is 5.34. The van der Waals surface area contributed by atoms with Crippen molar-refractivity contribution in [1.29, 1.82) is 0 Å². The van der Waals surface area contributed by atoms with Gasteiger partial charge in [0.1, 0.15) is 5.75 Å². The van der Waals surface area contributed by atoms with Crippen molar-refractivity contribution in [2.75, 3.05) is 53.4 Å². The van der Waals surface area contributed by atoms with Crippen LogP contribution in [0.25, 0.3) is 0 Å². The van der Waals surface area contributed by atoms with Crippen LogP contribution in [0.4, 0.5) is 0 Å². The first-order valence-electron chi connectivity index (χ1n) is 11.3. The number of methoxy groups -OCH3 is 1. The minimum Gasteiger partial charge on any atom is -0.497 e. The quantitative estimate of drug-likeness (QED) is 0.520. The first-order valence-corrected chi connectivity index (χ1v) is 11.3. The van der Waals surface area contributed by atoms with Crippen LogP contribution in [0.5, 0.6) is 5.75 Å². The lowest BCUT2D eigenvalue weighted by Gasteiger charge is -2.29. The van der Waals surface area contributed by atoms with E-state index < -0.39 is 0 Å². The van der Waals surface area contributed by atoms with Crippen LogP contribution in [0, 0.1) is 5.92 Å². The Bertz CT molecular complexity index is 666. The minimum absolute atomic E-state index is 0.360. The van der Waals surface area contributed by atoms with Gasteiger partial charge in [-0.2, -0.15) is 0 Å². The summed E-state index contributed by atoms with van der Waals surface area (Å²) in [6, 6.07) is 9.78. The molecule has 3 aliphatic rings. The van der Waals surface area contributed by atoms with Crippen LogP contribution in [0.3, 0.4) is 0 Å². The fourth-order valence-electron chi connectivity index (χ4n) is 4.79. The van der Waals surface area contributed by atoms with Crippen molar-refractivity contribution in [2.24, 2.45) is 10.9 Å². The van der Waals surface area contributed by atoms with Crippen LogP contribution >= 0.6 is 0 Å². The van der Waals surface area contributed by atoms with E-state index in [1.54, 1.807) is 7.11 Å². The molecular weight excluding hydrogens is 362 g/mol. The predicted octanol–water partition coefficient (Wildman–Crippen LogP) is 2.48. The number of nitrogens with one attached hydrogen (secondary N) is 2. The van der Waals surface area contributed by atoms with Gasteiger partial charge in [0.2, 0.25) is 0 Å². The molecule has 0 aromatic heterocycles. The van der Waals surface area contributed by atoms with Crippen LogP contribution in [0.2, 0.25) is 0 Å². The molecule has 0 amide bonds. The van der Waals surface area contributed by atoms with Crippen LogP contribution in [0.1, 0.15) is 43.7 Å². The van der Waals surface area contributed by atoms with Gasteiger partial charge in [0.05, 0.1) is 13.2 Å². The molecule has 1 aliphatic carbocycles. The summed E-state index contributed by atoms with van der Waals surface area (Å²) in [6.07, 6.45) is 6.71. The Hall–Kier alpha value is -1.79. The molecule has 4 rings (SSSR count). The number of aliphatic imine (C=N–C) groups is 1. The lowest BCUT2D eigenvalue weighted by Crippen LogP contribution is -2.44. The largest absolute Gasteiger partial charge is 0.497 e. The van der Waals surface area contributed by atoms with E-state index in [-0.39, 0.29) is 0 Å². The normalized spacial score (nSPS) is 24.6. The smallest absolute Gasteiger partial charge is 0.191 e. The zero-order valence-corrected chi connectivity index (χ0v) is 18.1. The summed E-state index contributed by atoms with van der Waals surface area (Å²) in [5.41, 5.74) is 1.34. The third-order valence-electron chi connectivity index (χ3n) is 6.71. The molecule has 2 unspecified atom stereocenters. The molecule has 2 aliphatic heterocycles. The summed E-state index contributed by atoms with van der Waals surface area (Å²) in [5.74, 6) is 2.58. The zero-order chi connectivity index (χ0) is 20.1. The lowest BCUT2D eigenvalue weighted by atomic mass is 10.1. The highest BCUT2D eigenvalue weighted by atomic mass is 16.5. The second kappa shape index (κ2) is 9.81. The zero-order valence-electron chi connectivity index (χ0n) is 18.1. The third kappa shape index (κ3) is 5.43. The molecule has 2 N–H and O–H groups in total. The van der Waals surface area contributed by atoms with Crippen molar-refractivity contribution in [2.45, 2.75) is 44.2 Å². The van der Waals surface area contributed by atoms with Gasteiger partial charge < -0.3 is 20.3 Å². The Morgan fingerprint density at radius 2 is 1.86 bits per heavy atom. The maximum atomic E-state index is 5.34. The fourth-order valence-corrected chi connectivity index (χ4v) is 4.79. The third-order valence-corrected chi connectivity index (χ3v) is 6.71. The van der Waals surface area contributed by atoms with E-state index >= 15 is 0 Å². The molecule has 2 heterocycles. The molecule has 6 nitrogen and oxygen atoms in total. The number of benzene rings is 1. The molecule has 2 atom stereocenters. The number of guanidine groups is 1. The highest BCUT2D eigenvalue weighted by Crippen LogP contribution is 2.31. The number of ether oxygens (including phenoxy) is 1. The van der Waals surface area contributed by atoms with E-state index in [1.807, 2.05) is 7.05 Å². The number of nitrogens with zero attached hydrogens (tertiary/aromatic N) is 3. The van der Waals surface area contributed by atoms with Crippen molar-refractivity contribution < 1.29 is 4.74 Å². The summed E-state index contributed by atoms with van der Waals surface area (Å²) in [4.78, 5) is 9.74. The molecular formula is C23H37N5O. The SMILES string of the molecule is CN=C(NCC1CCN(C2CC2)C1)NCC(c1ccc(OC)cc1)N1CCCC1. The minimum atomic E-state index is 0.360. The lowest BCUT2D eigenvalue weighted by molar-refractivity contribution is 0.245. The second-order valence-electron chi connectivity index (χ2n) is 8.75. The van der Waals surface area contributed by atoms with Gasteiger partial charge in [-0.1, -0.05) is 12.1 Å². The van der Waals surface area contributed by atoms with Crippen LogP contribution in [-0.4, -0.2) is 75.2 Å². The van der Waals surface area contributed by atoms with Gasteiger partial charge in [-0.05, 0) is 75.4 Å². The van der Waals surface area contributed by atoms with Crippen LogP contribution < -0.4 is 15.4 Å². The Labute approximate surface area is 175 Å². The van der Waals surface area contributed by atoms with Gasteiger partial charge in [-0.15, -0.1) is 0 Å². The molecule has 2 saturated heterocycles. The molecule has 1 aromatic rings. The van der Waals surface area contributed by atoms with Crippen molar-refractivity contribution in [3.05, 3.63) is 29.8 Å². The molecule has 0 bridgehead atoms. The maximum Gasteiger partial charge on any atom is 0.191 e. The summed E-state index contributed by atoms with van der Waals surface area (Å²) >= 11 is 0. The first-order chi connectivity index (χ1) is 14.3. The highest BCUT2D eigenvalue weighted by Gasteiger charge is 2.34. The number of hydrogen-bond donors (Lipinski definition) is 2. The van der Waals surface area contributed by atoms with Crippen molar-refractivity contribution in [1.82, 2.24) is 20.4 Å². The highest BCUT2D eigenvalue weighted by molar-refractivity contribution is 5.79. The van der Waals surface area contributed by atoms with Gasteiger partial charge in [0.25, 0.3) is 0 Å². The first kappa shape index (κ1) is 20.5. The summed E-state index contributed by atoms with van der Waals surface area (Å²) in [7, 11) is 3.59. The molecule has 1 aromatic carbocycles. The topological polar surface area (TPSA) is 52.1 Å². The van der Waals surface area contributed by atoms with Gasteiger partial charge in [-0.3, -0.25) is 9.89 Å². The van der Waals surface area contributed by atoms with Gasteiger partial charge in [0, 0.05) is 32.7 Å². The van der Waals surface area contributed by atoms with Crippen LogP contribution in [-0.2, 0) is 0 Å². The average molecular weight is 400 g/mol. The molecule has 29 heavy (non-hydrogen) atoms. The van der Waals surface area contributed by atoms with Gasteiger partial charge in [-0.25, -0.2) is 0 Å². The number of likely N-dealkylation sites (tertiary alicyclic amines) is 2. The van der Waals surface area contributed by atoms with Crippen molar-refractivity contribution in [3.63, 3.8) is 0 Å². The molecule has 160 valence electrons. The average Bonchev–Trinajstić information content (AvgIpc) is 3.26. The Morgan fingerprint density at radius 1 is 1.10 bits per heavy atom. The summed E-state index contributed by atoms with van der Waals surface area (Å²) in [5, 5.41) is 7.18. The molecule has 0 radical (unpaired) electrons. The van der Waals surface area contributed by atoms with Crippen molar-refractivity contribution in [3.8, 4) is 5.75 Å². The number of hydrogen-bond acceptors (Lipinski definition) is 4. The fraction of sp³-hybridized carbons (Fsp3) is 0.696. The van der Waals surface area contributed by atoms with Crippen LogP contribution in [0.15, 0.2) is 29.3 Å². The summed E-state index contributed by atoms with van der Waals surface area (Å²) in [6.45, 7) is 6.74. The second-order valence-corrected chi connectivity index (χ2v) is 8.75. The van der Waals surface area contributed by atoms with E-state index in [1.165, 1.54) is 63.8 Å². The Balaban J connectivity index is 1.30. The van der Waals surface area contributed by atoms with E-state index in [9.17, 15) is 0 Å². The molecule has 6 heteroatoms. The van der Waals surface area contributed by atoms with Gasteiger partial charge in [0.15, 0.2) is 5.96 Å². The van der Waals surface area contributed by atoms with E-state index in [2.05, 4.69) is 49.7 Å². The Morgan fingerprint density at radius 3 is 2.52 bits per heavy atom. The number of rotatable bonds is 8. The summed E-state index contributed by atoms with van der Waals surface area (Å²) < 4.78 is 5.34. The predicted molar refractivity (Wildman–Crippen MR) is 119 cm³/mol. The van der Waals surface area contributed by atoms with Gasteiger partial charge >= 0.3 is 0 Å². The van der Waals surface area contributed by atoms with E-state index in [4.69, 9.17) is 4.74 Å². The van der Waals surface area contributed by atoms with E-state index in [0.717, 1.165) is 36.8 Å². The van der Waals surface area contributed by atoms with E-state index in [0.29, 0.717) is 6.04 Å². The van der Waals surface area contributed by atoms with Crippen molar-refractivity contribution >= 4 is 5.96 Å². The molecule has 1 saturated carbocycles. The Kier molecular flexibility index (Phi) is 6.93. The standard InChI is InChI=1S/C23H37N5O/c1-24-23(25-15-18-11-14-28(17-18)20-7-8-20)26-16-22(27-12-3-4-13-27)19-5-9-21(29-2)10-6-19/h5-6,9-10,18,20,22H,3-4,7-8,11-17H2,1-2H3,(H2,24,25,26). The monoisotopic (exact) mass is 399 g/mol. The molecule has 0 spiro atoms.